The molecule has 0 aliphatic carbocycles. The highest BCUT2D eigenvalue weighted by Gasteiger charge is 2.27. The summed E-state index contributed by atoms with van der Waals surface area (Å²) in [6, 6.07) is -0.581. The van der Waals surface area contributed by atoms with Gasteiger partial charge in [0.1, 0.15) is 6.10 Å². The number of carbonyl (C=O) groups is 2. The van der Waals surface area contributed by atoms with Gasteiger partial charge in [0.15, 0.2) is 11.6 Å². The number of carbonyl (C=O) groups excluding carboxylic acids is 2. The molecule has 0 aromatic carbocycles. The van der Waals surface area contributed by atoms with Crippen LogP contribution in [0.25, 0.3) is 0 Å². The molecular formula is C10H18BNO3. The van der Waals surface area contributed by atoms with Crippen LogP contribution in [0.4, 0.5) is 4.79 Å². The number of nitrogens with one attached hydrogen (secondary N) is 1. The zero-order chi connectivity index (χ0) is 12.0. The molecule has 0 aliphatic heterocycles. The van der Waals surface area contributed by atoms with Crippen LogP contribution in [0.1, 0.15) is 33.6 Å². The second kappa shape index (κ2) is 6.61. The Kier molecular flexibility index (Phi) is 6.24. The maximum atomic E-state index is 11.5. The van der Waals surface area contributed by atoms with Gasteiger partial charge in [-0.3, -0.25) is 9.59 Å². The fraction of sp³-hybridized carbons (Fsp3) is 0.800. The third-order valence-corrected chi connectivity index (χ3v) is 2.17. The standard InChI is InChI=1S/C10H18BNO3/c1-4-5-7(12-10(11)15)9(14)8(13)6(2)3/h6-7,9,14H,4-5H2,1-3H3,(H,12,15)/t7-,9?/m0/s1. The van der Waals surface area contributed by atoms with E-state index in [-0.39, 0.29) is 11.7 Å². The number of aliphatic hydroxyl groups is 1. The number of hydrogen-bond acceptors (Lipinski definition) is 3. The summed E-state index contributed by atoms with van der Waals surface area (Å²) >= 11 is 0. The Hall–Kier alpha value is -0.835. The van der Waals surface area contributed by atoms with E-state index in [2.05, 4.69) is 5.32 Å². The fourth-order valence-corrected chi connectivity index (χ4v) is 1.34. The quantitative estimate of drug-likeness (QED) is 0.633. The van der Waals surface area contributed by atoms with E-state index in [0.29, 0.717) is 6.42 Å². The van der Waals surface area contributed by atoms with Crippen molar-refractivity contribution in [2.45, 2.75) is 45.8 Å². The second-order valence-electron chi connectivity index (χ2n) is 3.91. The van der Waals surface area contributed by atoms with Crippen molar-refractivity contribution in [3.63, 3.8) is 0 Å². The number of hydrogen-bond donors (Lipinski definition) is 2. The maximum absolute atomic E-state index is 11.5. The summed E-state index contributed by atoms with van der Waals surface area (Å²) in [6.45, 7) is 5.32. The molecule has 1 unspecified atom stereocenters. The first-order valence-corrected chi connectivity index (χ1v) is 5.17. The van der Waals surface area contributed by atoms with E-state index in [4.69, 9.17) is 7.85 Å². The van der Waals surface area contributed by atoms with E-state index < -0.39 is 18.0 Å². The van der Waals surface area contributed by atoms with Crippen molar-refractivity contribution < 1.29 is 14.7 Å². The van der Waals surface area contributed by atoms with Gasteiger partial charge < -0.3 is 10.4 Å². The summed E-state index contributed by atoms with van der Waals surface area (Å²) in [5.41, 5.74) is 0. The average molecular weight is 211 g/mol. The predicted molar refractivity (Wildman–Crippen MR) is 58.8 cm³/mol. The topological polar surface area (TPSA) is 66.4 Å². The normalized spacial score (nSPS) is 14.7. The van der Waals surface area contributed by atoms with E-state index in [1.165, 1.54) is 0 Å². The second-order valence-corrected chi connectivity index (χ2v) is 3.91. The van der Waals surface area contributed by atoms with E-state index in [1.54, 1.807) is 13.8 Å². The Balaban J connectivity index is 4.46. The van der Waals surface area contributed by atoms with Gasteiger partial charge in [-0.15, -0.1) is 0 Å². The molecule has 2 radical (unpaired) electrons. The molecule has 0 aromatic heterocycles. The summed E-state index contributed by atoms with van der Waals surface area (Å²) in [5.74, 6) is -1.25. The minimum absolute atomic E-state index is 0.256. The van der Waals surface area contributed by atoms with Gasteiger partial charge in [-0.2, -0.15) is 0 Å². The van der Waals surface area contributed by atoms with E-state index >= 15 is 0 Å². The van der Waals surface area contributed by atoms with Gasteiger partial charge in [0.05, 0.1) is 6.04 Å². The molecule has 4 nitrogen and oxygen atoms in total. The Bertz CT molecular complexity index is 231. The van der Waals surface area contributed by atoms with Crippen molar-refractivity contribution >= 4 is 19.4 Å². The van der Waals surface area contributed by atoms with Crippen molar-refractivity contribution in [3.05, 3.63) is 0 Å². The zero-order valence-electron chi connectivity index (χ0n) is 9.49. The number of aliphatic hydroxyl groups excluding tert-OH is 1. The molecule has 84 valence electrons. The molecule has 2 N–H and O–H groups in total. The highest BCUT2D eigenvalue weighted by atomic mass is 16.3. The Labute approximate surface area is 91.8 Å². The number of amides is 1. The monoisotopic (exact) mass is 211 g/mol. The molecule has 0 aliphatic rings. The van der Waals surface area contributed by atoms with Crippen molar-refractivity contribution in [1.29, 1.82) is 0 Å². The smallest absolute Gasteiger partial charge is 0.200 e. The van der Waals surface area contributed by atoms with E-state index in [9.17, 15) is 14.7 Å². The minimum atomic E-state index is -1.17. The van der Waals surface area contributed by atoms with Crippen LogP contribution < -0.4 is 5.32 Å². The van der Waals surface area contributed by atoms with Gasteiger partial charge in [-0.25, -0.2) is 0 Å². The highest BCUT2D eigenvalue weighted by Crippen LogP contribution is 2.08. The van der Waals surface area contributed by atoms with Crippen LogP contribution in [-0.2, 0) is 4.79 Å². The average Bonchev–Trinajstić information content (AvgIpc) is 2.14. The van der Waals surface area contributed by atoms with Gasteiger partial charge in [-0.1, -0.05) is 27.2 Å². The highest BCUT2D eigenvalue weighted by molar-refractivity contribution is 6.57. The molecule has 2 atom stereocenters. The van der Waals surface area contributed by atoms with Crippen LogP contribution in [0.3, 0.4) is 0 Å². The molecule has 0 heterocycles. The molecule has 5 heteroatoms. The van der Waals surface area contributed by atoms with Crippen LogP contribution in [0.15, 0.2) is 0 Å². The lowest BCUT2D eigenvalue weighted by Gasteiger charge is -2.23. The third kappa shape index (κ3) is 4.97. The lowest BCUT2D eigenvalue weighted by Crippen LogP contribution is -2.47. The van der Waals surface area contributed by atoms with Crippen LogP contribution >= 0.6 is 0 Å². The number of rotatable bonds is 6. The summed E-state index contributed by atoms with van der Waals surface area (Å²) in [7, 11) is 4.97. The number of Topliss-reactive ketones (excluding diaryl/α,β-unsaturated/α-hetero) is 1. The van der Waals surface area contributed by atoms with Gasteiger partial charge in [0.2, 0.25) is 7.85 Å². The van der Waals surface area contributed by atoms with Crippen molar-refractivity contribution in [2.24, 2.45) is 5.92 Å². The molecule has 0 rings (SSSR count). The van der Waals surface area contributed by atoms with E-state index in [1.807, 2.05) is 6.92 Å². The van der Waals surface area contributed by atoms with E-state index in [0.717, 1.165) is 6.42 Å². The lowest BCUT2D eigenvalue weighted by atomic mass is 9.94. The van der Waals surface area contributed by atoms with Crippen LogP contribution in [0.2, 0.25) is 0 Å². The Morgan fingerprint density at radius 2 is 1.93 bits per heavy atom. The first kappa shape index (κ1) is 14.2. The number of ketones is 1. The van der Waals surface area contributed by atoms with Gasteiger partial charge in [0, 0.05) is 5.92 Å². The molecule has 15 heavy (non-hydrogen) atoms. The molecule has 0 bridgehead atoms. The maximum Gasteiger partial charge on any atom is 0.200 e. The predicted octanol–water partition coefficient (Wildman–Crippen LogP) is 0.619. The van der Waals surface area contributed by atoms with Gasteiger partial charge in [-0.05, 0) is 6.42 Å². The summed E-state index contributed by atoms with van der Waals surface area (Å²) in [4.78, 5) is 22.2. The summed E-state index contributed by atoms with van der Waals surface area (Å²) in [5, 5.41) is 12.1. The van der Waals surface area contributed by atoms with Crippen molar-refractivity contribution in [2.75, 3.05) is 0 Å². The molecule has 0 aromatic rings. The molecule has 1 amide bonds. The van der Waals surface area contributed by atoms with Gasteiger partial charge in [0.25, 0.3) is 0 Å². The molecule has 0 fully saturated rings. The van der Waals surface area contributed by atoms with Crippen molar-refractivity contribution in [1.82, 2.24) is 5.32 Å². The first-order chi connectivity index (χ1) is 6.90. The molecule has 0 saturated heterocycles. The Morgan fingerprint density at radius 1 is 1.40 bits per heavy atom. The largest absolute Gasteiger partial charge is 0.383 e. The molecule has 0 saturated carbocycles. The first-order valence-electron chi connectivity index (χ1n) is 5.17. The van der Waals surface area contributed by atoms with Crippen molar-refractivity contribution in [3.8, 4) is 0 Å². The molecule has 0 spiro atoms. The zero-order valence-corrected chi connectivity index (χ0v) is 9.49. The summed E-state index contributed by atoms with van der Waals surface area (Å²) < 4.78 is 0. The fourth-order valence-electron chi connectivity index (χ4n) is 1.34. The lowest BCUT2D eigenvalue weighted by molar-refractivity contribution is -0.131. The summed E-state index contributed by atoms with van der Waals surface area (Å²) in [6.07, 6.45) is 0.119. The van der Waals surface area contributed by atoms with Crippen LogP contribution in [0.5, 0.6) is 0 Å². The van der Waals surface area contributed by atoms with Crippen LogP contribution in [0, 0.1) is 5.92 Å². The minimum Gasteiger partial charge on any atom is -0.383 e. The Morgan fingerprint density at radius 3 is 2.27 bits per heavy atom. The SMILES string of the molecule is [B]C(=O)N[C@@H](CCC)C(O)C(=O)C(C)C. The van der Waals surface area contributed by atoms with Crippen LogP contribution in [-0.4, -0.2) is 36.7 Å². The molecular weight excluding hydrogens is 193 g/mol. The van der Waals surface area contributed by atoms with Gasteiger partial charge >= 0.3 is 0 Å². The third-order valence-electron chi connectivity index (χ3n) is 2.17.